The lowest BCUT2D eigenvalue weighted by molar-refractivity contribution is -0.384. The minimum atomic E-state index is -0.418. The van der Waals surface area contributed by atoms with Crippen molar-refractivity contribution in [1.82, 2.24) is 19.9 Å². The molecule has 1 aliphatic rings. The number of rotatable bonds is 3. The van der Waals surface area contributed by atoms with Gasteiger partial charge in [-0.15, -0.1) is 5.10 Å². The predicted molar refractivity (Wildman–Crippen MR) is 65.0 cm³/mol. The highest BCUT2D eigenvalue weighted by Gasteiger charge is 2.15. The molecule has 0 bridgehead atoms. The second-order valence-corrected chi connectivity index (χ2v) is 4.49. The maximum absolute atomic E-state index is 10.7. The summed E-state index contributed by atoms with van der Waals surface area (Å²) < 4.78 is 1.80. The standard InChI is InChI=1S/C11H13N5O2/c17-16(18)9-3-4-11-10(7-9)12-13-15(11)8-14-5-1-2-6-14/h3-4,7H,1-2,5-6,8H2. The van der Waals surface area contributed by atoms with E-state index in [1.165, 1.54) is 25.0 Å². The molecule has 94 valence electrons. The highest BCUT2D eigenvalue weighted by molar-refractivity contribution is 5.76. The molecule has 0 saturated carbocycles. The third-order valence-corrected chi connectivity index (χ3v) is 3.24. The number of nitrogens with zero attached hydrogens (tertiary/aromatic N) is 5. The molecule has 0 spiro atoms. The quantitative estimate of drug-likeness (QED) is 0.605. The smallest absolute Gasteiger partial charge is 0.271 e. The van der Waals surface area contributed by atoms with Crippen LogP contribution in [0, 0.1) is 10.1 Å². The van der Waals surface area contributed by atoms with Crippen molar-refractivity contribution in [1.29, 1.82) is 0 Å². The van der Waals surface area contributed by atoms with Crippen LogP contribution in [-0.4, -0.2) is 37.9 Å². The number of nitro groups is 1. The maximum atomic E-state index is 10.7. The Bertz CT molecular complexity index is 588. The Morgan fingerprint density at radius 3 is 2.83 bits per heavy atom. The summed E-state index contributed by atoms with van der Waals surface area (Å²) in [7, 11) is 0. The number of non-ortho nitro benzene ring substituents is 1. The van der Waals surface area contributed by atoms with Crippen molar-refractivity contribution in [3.8, 4) is 0 Å². The van der Waals surface area contributed by atoms with Crippen molar-refractivity contribution in [3.05, 3.63) is 28.3 Å². The van der Waals surface area contributed by atoms with E-state index in [0.29, 0.717) is 12.2 Å². The molecule has 7 heteroatoms. The van der Waals surface area contributed by atoms with Gasteiger partial charge in [-0.2, -0.15) is 0 Å². The molecule has 0 amide bonds. The number of aromatic nitrogens is 3. The first-order chi connectivity index (χ1) is 8.74. The summed E-state index contributed by atoms with van der Waals surface area (Å²) >= 11 is 0. The molecule has 0 atom stereocenters. The third-order valence-electron chi connectivity index (χ3n) is 3.24. The molecule has 1 aromatic carbocycles. The third kappa shape index (κ3) is 1.92. The maximum Gasteiger partial charge on any atom is 0.271 e. The van der Waals surface area contributed by atoms with Crippen LogP contribution in [-0.2, 0) is 6.67 Å². The first-order valence-electron chi connectivity index (χ1n) is 5.94. The summed E-state index contributed by atoms with van der Waals surface area (Å²) in [6.07, 6.45) is 2.44. The largest absolute Gasteiger partial charge is 0.284 e. The van der Waals surface area contributed by atoms with Gasteiger partial charge in [-0.05, 0) is 32.0 Å². The summed E-state index contributed by atoms with van der Waals surface area (Å²) in [4.78, 5) is 12.6. The lowest BCUT2D eigenvalue weighted by Gasteiger charge is -2.14. The summed E-state index contributed by atoms with van der Waals surface area (Å²) in [5, 5.41) is 18.7. The first-order valence-corrected chi connectivity index (χ1v) is 5.94. The van der Waals surface area contributed by atoms with Gasteiger partial charge >= 0.3 is 0 Å². The van der Waals surface area contributed by atoms with Gasteiger partial charge in [0.1, 0.15) is 5.52 Å². The minimum Gasteiger partial charge on any atom is -0.284 e. The fourth-order valence-corrected chi connectivity index (χ4v) is 2.29. The second-order valence-electron chi connectivity index (χ2n) is 4.49. The van der Waals surface area contributed by atoms with Crippen molar-refractivity contribution in [3.63, 3.8) is 0 Å². The Hall–Kier alpha value is -2.02. The number of fused-ring (bicyclic) bond motifs is 1. The zero-order valence-electron chi connectivity index (χ0n) is 9.82. The second kappa shape index (κ2) is 4.34. The Morgan fingerprint density at radius 1 is 1.33 bits per heavy atom. The van der Waals surface area contributed by atoms with Gasteiger partial charge in [-0.1, -0.05) is 5.21 Å². The fraction of sp³-hybridized carbons (Fsp3) is 0.455. The van der Waals surface area contributed by atoms with Gasteiger partial charge in [0.15, 0.2) is 0 Å². The van der Waals surface area contributed by atoms with Gasteiger partial charge in [-0.3, -0.25) is 15.0 Å². The highest BCUT2D eigenvalue weighted by Crippen LogP contribution is 2.19. The fourth-order valence-electron chi connectivity index (χ4n) is 2.29. The van der Waals surface area contributed by atoms with E-state index in [1.54, 1.807) is 10.7 Å². The van der Waals surface area contributed by atoms with Crippen molar-refractivity contribution < 1.29 is 4.92 Å². The van der Waals surface area contributed by atoms with Crippen LogP contribution in [0.5, 0.6) is 0 Å². The minimum absolute atomic E-state index is 0.0516. The van der Waals surface area contributed by atoms with E-state index in [9.17, 15) is 10.1 Å². The Balaban J connectivity index is 1.91. The average molecular weight is 247 g/mol. The van der Waals surface area contributed by atoms with Gasteiger partial charge in [0, 0.05) is 12.1 Å². The zero-order valence-corrected chi connectivity index (χ0v) is 9.82. The molecule has 1 fully saturated rings. The van der Waals surface area contributed by atoms with Crippen LogP contribution in [0.2, 0.25) is 0 Å². The lowest BCUT2D eigenvalue weighted by atomic mass is 10.3. The van der Waals surface area contributed by atoms with Gasteiger partial charge in [0.2, 0.25) is 0 Å². The molecule has 2 aromatic rings. The van der Waals surface area contributed by atoms with Crippen LogP contribution in [0.25, 0.3) is 11.0 Å². The molecule has 1 saturated heterocycles. The highest BCUT2D eigenvalue weighted by atomic mass is 16.6. The first kappa shape index (κ1) is 11.1. The summed E-state index contributed by atoms with van der Waals surface area (Å²) in [5.74, 6) is 0. The molecular weight excluding hydrogens is 234 g/mol. The van der Waals surface area contributed by atoms with Crippen molar-refractivity contribution in [2.45, 2.75) is 19.5 Å². The van der Waals surface area contributed by atoms with E-state index < -0.39 is 4.92 Å². The van der Waals surface area contributed by atoms with E-state index in [4.69, 9.17) is 0 Å². The molecule has 18 heavy (non-hydrogen) atoms. The van der Waals surface area contributed by atoms with E-state index in [-0.39, 0.29) is 5.69 Å². The summed E-state index contributed by atoms with van der Waals surface area (Å²) in [6, 6.07) is 4.67. The zero-order chi connectivity index (χ0) is 12.5. The normalized spacial score (nSPS) is 16.4. The van der Waals surface area contributed by atoms with Gasteiger partial charge < -0.3 is 0 Å². The molecule has 1 aliphatic heterocycles. The molecule has 0 aliphatic carbocycles. The van der Waals surface area contributed by atoms with Gasteiger partial charge in [-0.25, -0.2) is 4.68 Å². The van der Waals surface area contributed by atoms with Gasteiger partial charge in [0.05, 0.1) is 17.1 Å². The predicted octanol–water partition coefficient (Wildman–Crippen LogP) is 1.39. The molecule has 1 aromatic heterocycles. The molecule has 7 nitrogen and oxygen atoms in total. The van der Waals surface area contributed by atoms with Crippen molar-refractivity contribution >= 4 is 16.7 Å². The Morgan fingerprint density at radius 2 is 2.11 bits per heavy atom. The molecular formula is C11H13N5O2. The lowest BCUT2D eigenvalue weighted by Crippen LogP contribution is -2.23. The van der Waals surface area contributed by atoms with Crippen molar-refractivity contribution in [2.24, 2.45) is 0 Å². The number of hydrogen-bond acceptors (Lipinski definition) is 5. The number of benzene rings is 1. The number of hydrogen-bond donors (Lipinski definition) is 0. The summed E-state index contributed by atoms with van der Waals surface area (Å²) in [5.41, 5.74) is 1.46. The van der Waals surface area contributed by atoms with Crippen LogP contribution in [0.3, 0.4) is 0 Å². The molecule has 0 radical (unpaired) electrons. The topological polar surface area (TPSA) is 77.1 Å². The molecule has 0 unspecified atom stereocenters. The van der Waals surface area contributed by atoms with Crippen molar-refractivity contribution in [2.75, 3.05) is 13.1 Å². The van der Waals surface area contributed by atoms with Gasteiger partial charge in [0.25, 0.3) is 5.69 Å². The van der Waals surface area contributed by atoms with E-state index in [1.807, 2.05) is 0 Å². The SMILES string of the molecule is O=[N+]([O-])c1ccc2c(c1)nnn2CN1CCCC1. The van der Waals surface area contributed by atoms with Crippen LogP contribution in [0.4, 0.5) is 5.69 Å². The van der Waals surface area contributed by atoms with Crippen LogP contribution < -0.4 is 0 Å². The van der Waals surface area contributed by atoms with Crippen LogP contribution in [0.15, 0.2) is 18.2 Å². The Kier molecular flexibility index (Phi) is 2.67. The van der Waals surface area contributed by atoms with E-state index in [2.05, 4.69) is 15.2 Å². The Labute approximate surface area is 103 Å². The van der Waals surface area contributed by atoms with E-state index >= 15 is 0 Å². The monoisotopic (exact) mass is 247 g/mol. The van der Waals surface area contributed by atoms with E-state index in [0.717, 1.165) is 18.6 Å². The number of likely N-dealkylation sites (tertiary alicyclic amines) is 1. The molecule has 2 heterocycles. The van der Waals surface area contributed by atoms with Crippen LogP contribution in [0.1, 0.15) is 12.8 Å². The molecule has 0 N–H and O–H groups in total. The number of nitro benzene ring substituents is 1. The average Bonchev–Trinajstić information content (AvgIpc) is 2.99. The van der Waals surface area contributed by atoms with Crippen LogP contribution >= 0.6 is 0 Å². The molecule has 3 rings (SSSR count). The summed E-state index contributed by atoms with van der Waals surface area (Å²) in [6.45, 7) is 2.86.